The molecular formula is C11H16F3N3. The number of alkyl halides is 3. The monoisotopic (exact) mass is 247 g/mol. The van der Waals surface area contributed by atoms with Crippen LogP contribution in [0.5, 0.6) is 0 Å². The Morgan fingerprint density at radius 3 is 2.71 bits per heavy atom. The first-order chi connectivity index (χ1) is 7.93. The molecule has 0 aromatic carbocycles. The van der Waals surface area contributed by atoms with Crippen molar-refractivity contribution in [2.45, 2.75) is 45.3 Å². The Labute approximate surface area is 98.5 Å². The SMILES string of the molecule is CCCCC(C)Nc1nccc(C(F)(F)F)n1. The van der Waals surface area contributed by atoms with Gasteiger partial charge in [-0.3, -0.25) is 0 Å². The summed E-state index contributed by atoms with van der Waals surface area (Å²) in [5.74, 6) is 0.0310. The third-order valence-corrected chi connectivity index (χ3v) is 2.31. The highest BCUT2D eigenvalue weighted by Crippen LogP contribution is 2.27. The number of hydrogen-bond acceptors (Lipinski definition) is 3. The number of aromatic nitrogens is 2. The van der Waals surface area contributed by atoms with E-state index < -0.39 is 11.9 Å². The first kappa shape index (κ1) is 13.7. The molecule has 17 heavy (non-hydrogen) atoms. The van der Waals surface area contributed by atoms with E-state index in [2.05, 4.69) is 22.2 Å². The summed E-state index contributed by atoms with van der Waals surface area (Å²) in [6.45, 7) is 3.97. The van der Waals surface area contributed by atoms with Crippen molar-refractivity contribution in [2.75, 3.05) is 5.32 Å². The van der Waals surface area contributed by atoms with Gasteiger partial charge in [0.25, 0.3) is 0 Å². The fraction of sp³-hybridized carbons (Fsp3) is 0.636. The number of halogens is 3. The summed E-state index contributed by atoms with van der Waals surface area (Å²) >= 11 is 0. The number of rotatable bonds is 5. The lowest BCUT2D eigenvalue weighted by atomic mass is 10.1. The predicted molar refractivity (Wildman–Crippen MR) is 59.6 cm³/mol. The van der Waals surface area contributed by atoms with E-state index in [1.807, 2.05) is 6.92 Å². The largest absolute Gasteiger partial charge is 0.433 e. The minimum Gasteiger partial charge on any atom is -0.352 e. The molecule has 1 aromatic heterocycles. The summed E-state index contributed by atoms with van der Waals surface area (Å²) in [6.07, 6.45) is -0.352. The van der Waals surface area contributed by atoms with E-state index >= 15 is 0 Å². The van der Waals surface area contributed by atoms with Gasteiger partial charge in [0.05, 0.1) is 0 Å². The topological polar surface area (TPSA) is 37.8 Å². The molecule has 0 radical (unpaired) electrons. The van der Waals surface area contributed by atoms with E-state index in [-0.39, 0.29) is 12.0 Å². The zero-order chi connectivity index (χ0) is 12.9. The molecule has 1 N–H and O–H groups in total. The van der Waals surface area contributed by atoms with E-state index in [1.165, 1.54) is 0 Å². The average molecular weight is 247 g/mol. The van der Waals surface area contributed by atoms with Gasteiger partial charge in [0.2, 0.25) is 5.95 Å². The lowest BCUT2D eigenvalue weighted by molar-refractivity contribution is -0.141. The van der Waals surface area contributed by atoms with Crippen molar-refractivity contribution < 1.29 is 13.2 Å². The Morgan fingerprint density at radius 2 is 2.12 bits per heavy atom. The van der Waals surface area contributed by atoms with Gasteiger partial charge < -0.3 is 5.32 Å². The Kier molecular flexibility index (Phi) is 4.72. The molecule has 1 atom stereocenters. The maximum Gasteiger partial charge on any atom is 0.433 e. The van der Waals surface area contributed by atoms with Gasteiger partial charge in [-0.2, -0.15) is 13.2 Å². The first-order valence-corrected chi connectivity index (χ1v) is 5.60. The lowest BCUT2D eigenvalue weighted by Crippen LogP contribution is -2.18. The van der Waals surface area contributed by atoms with Gasteiger partial charge >= 0.3 is 6.18 Å². The molecule has 0 bridgehead atoms. The third kappa shape index (κ3) is 4.58. The van der Waals surface area contributed by atoms with Crippen LogP contribution in [0.2, 0.25) is 0 Å². The predicted octanol–water partition coefficient (Wildman–Crippen LogP) is 3.49. The van der Waals surface area contributed by atoms with Crippen LogP contribution < -0.4 is 5.32 Å². The quantitative estimate of drug-likeness (QED) is 0.865. The van der Waals surface area contributed by atoms with Crippen molar-refractivity contribution in [1.29, 1.82) is 0 Å². The van der Waals surface area contributed by atoms with Gasteiger partial charge in [0.15, 0.2) is 0 Å². The summed E-state index contributed by atoms with van der Waals surface area (Å²) in [7, 11) is 0. The minimum absolute atomic E-state index is 0.0310. The van der Waals surface area contributed by atoms with Crippen LogP contribution in [0.4, 0.5) is 19.1 Å². The molecule has 1 rings (SSSR count). The van der Waals surface area contributed by atoms with Gasteiger partial charge in [-0.25, -0.2) is 9.97 Å². The first-order valence-electron chi connectivity index (χ1n) is 5.60. The molecule has 0 aliphatic heterocycles. The van der Waals surface area contributed by atoms with Crippen molar-refractivity contribution in [1.82, 2.24) is 9.97 Å². The van der Waals surface area contributed by atoms with Gasteiger partial charge in [0.1, 0.15) is 5.69 Å². The maximum absolute atomic E-state index is 12.4. The second-order valence-electron chi connectivity index (χ2n) is 3.95. The zero-order valence-electron chi connectivity index (χ0n) is 9.88. The van der Waals surface area contributed by atoms with Gasteiger partial charge in [-0.15, -0.1) is 0 Å². The van der Waals surface area contributed by atoms with Crippen LogP contribution in [0.3, 0.4) is 0 Å². The Balaban J connectivity index is 2.66. The Bertz CT molecular complexity index is 352. The van der Waals surface area contributed by atoms with Crippen LogP contribution in [0.15, 0.2) is 12.3 Å². The summed E-state index contributed by atoms with van der Waals surface area (Å²) in [5.41, 5.74) is -0.919. The standard InChI is InChI=1S/C11H16F3N3/c1-3-4-5-8(2)16-10-15-7-6-9(17-10)11(12,13)14/h6-8H,3-5H2,1-2H3,(H,15,16,17). The number of nitrogens with zero attached hydrogens (tertiary/aromatic N) is 2. The minimum atomic E-state index is -4.42. The summed E-state index contributed by atoms with van der Waals surface area (Å²) in [4.78, 5) is 7.22. The van der Waals surface area contributed by atoms with Crippen LogP contribution in [0, 0.1) is 0 Å². The molecule has 0 aliphatic rings. The second-order valence-corrected chi connectivity index (χ2v) is 3.95. The fourth-order valence-corrected chi connectivity index (χ4v) is 1.39. The molecule has 0 fully saturated rings. The van der Waals surface area contributed by atoms with Crippen LogP contribution in [0.25, 0.3) is 0 Å². The zero-order valence-corrected chi connectivity index (χ0v) is 9.88. The molecule has 3 nitrogen and oxygen atoms in total. The molecule has 1 aromatic rings. The highest BCUT2D eigenvalue weighted by molar-refractivity contribution is 5.27. The van der Waals surface area contributed by atoms with E-state index in [1.54, 1.807) is 0 Å². The van der Waals surface area contributed by atoms with Gasteiger partial charge in [-0.1, -0.05) is 19.8 Å². The van der Waals surface area contributed by atoms with Crippen LogP contribution in [0.1, 0.15) is 38.8 Å². The fourth-order valence-electron chi connectivity index (χ4n) is 1.39. The number of nitrogens with one attached hydrogen (secondary N) is 1. The molecule has 1 heterocycles. The highest BCUT2D eigenvalue weighted by Gasteiger charge is 2.32. The lowest BCUT2D eigenvalue weighted by Gasteiger charge is -2.14. The molecule has 1 unspecified atom stereocenters. The van der Waals surface area contributed by atoms with Crippen molar-refractivity contribution in [3.63, 3.8) is 0 Å². The van der Waals surface area contributed by atoms with Crippen LogP contribution in [-0.4, -0.2) is 16.0 Å². The smallest absolute Gasteiger partial charge is 0.352 e. The Morgan fingerprint density at radius 1 is 1.41 bits per heavy atom. The maximum atomic E-state index is 12.4. The number of anilines is 1. The number of unbranched alkanes of at least 4 members (excludes halogenated alkanes) is 1. The van der Waals surface area contributed by atoms with Gasteiger partial charge in [-0.05, 0) is 19.4 Å². The summed E-state index contributed by atoms with van der Waals surface area (Å²) in [5, 5.41) is 2.87. The Hall–Kier alpha value is -1.33. The molecule has 0 saturated heterocycles. The van der Waals surface area contributed by atoms with Gasteiger partial charge in [0, 0.05) is 12.2 Å². The van der Waals surface area contributed by atoms with Crippen molar-refractivity contribution in [3.8, 4) is 0 Å². The molecular weight excluding hydrogens is 231 g/mol. The summed E-state index contributed by atoms with van der Waals surface area (Å²) < 4.78 is 37.2. The van der Waals surface area contributed by atoms with E-state index in [9.17, 15) is 13.2 Å². The average Bonchev–Trinajstić information content (AvgIpc) is 2.25. The van der Waals surface area contributed by atoms with Crippen molar-refractivity contribution in [3.05, 3.63) is 18.0 Å². The molecule has 0 amide bonds. The molecule has 0 aliphatic carbocycles. The van der Waals surface area contributed by atoms with E-state index in [4.69, 9.17) is 0 Å². The van der Waals surface area contributed by atoms with Crippen molar-refractivity contribution >= 4 is 5.95 Å². The highest BCUT2D eigenvalue weighted by atomic mass is 19.4. The number of hydrogen-bond donors (Lipinski definition) is 1. The molecule has 96 valence electrons. The van der Waals surface area contributed by atoms with E-state index in [0.29, 0.717) is 0 Å². The molecule has 6 heteroatoms. The summed E-state index contributed by atoms with van der Waals surface area (Å²) in [6, 6.07) is 0.931. The van der Waals surface area contributed by atoms with Crippen LogP contribution in [-0.2, 0) is 6.18 Å². The molecule has 0 spiro atoms. The third-order valence-electron chi connectivity index (χ3n) is 2.31. The van der Waals surface area contributed by atoms with E-state index in [0.717, 1.165) is 31.5 Å². The van der Waals surface area contributed by atoms with Crippen LogP contribution >= 0.6 is 0 Å². The molecule has 0 saturated carbocycles. The second kappa shape index (κ2) is 5.84. The van der Waals surface area contributed by atoms with Crippen molar-refractivity contribution in [2.24, 2.45) is 0 Å². The normalized spacial score (nSPS) is 13.5.